The van der Waals surface area contributed by atoms with E-state index in [1.54, 1.807) is 6.08 Å². The van der Waals surface area contributed by atoms with Gasteiger partial charge in [0.1, 0.15) is 0 Å². The van der Waals surface area contributed by atoms with Crippen LogP contribution in [0.25, 0.3) is 6.08 Å². The highest BCUT2D eigenvalue weighted by Gasteiger charge is 2.24. The van der Waals surface area contributed by atoms with Gasteiger partial charge in [-0.25, -0.2) is 9.79 Å². The van der Waals surface area contributed by atoms with Crippen molar-refractivity contribution in [3.8, 4) is 11.5 Å². The number of benzene rings is 2. The molecule has 0 saturated heterocycles. The number of carbonyl (C=O) groups excluding carboxylic acids is 1. The first-order valence-electron chi connectivity index (χ1n) is 9.39. The van der Waals surface area contributed by atoms with E-state index < -0.39 is 5.97 Å². The summed E-state index contributed by atoms with van der Waals surface area (Å²) in [7, 11) is 0. The summed E-state index contributed by atoms with van der Waals surface area (Å²) < 4.78 is 18.6. The van der Waals surface area contributed by atoms with Gasteiger partial charge in [-0.05, 0) is 77.3 Å². The summed E-state index contributed by atoms with van der Waals surface area (Å²) in [5.41, 5.74) is 1.73. The Kier molecular flexibility index (Phi) is 7.50. The fourth-order valence-electron chi connectivity index (χ4n) is 2.68. The quantitative estimate of drug-likeness (QED) is 0.237. The molecule has 29 heavy (non-hydrogen) atoms. The molecular formula is C22H21Br2NO4. The van der Waals surface area contributed by atoms with Crippen molar-refractivity contribution in [3.05, 3.63) is 62.2 Å². The van der Waals surface area contributed by atoms with E-state index in [0.29, 0.717) is 24.7 Å². The normalized spacial score (nSPS) is 14.7. The Hall–Kier alpha value is -2.12. The molecule has 0 unspecified atom stereocenters. The fraction of sp³-hybridized carbons (Fsp3) is 0.273. The molecule has 1 heterocycles. The molecule has 0 fully saturated rings. The number of hydrogen-bond acceptors (Lipinski definition) is 5. The average molecular weight is 523 g/mol. The van der Waals surface area contributed by atoms with Crippen LogP contribution in [0.15, 0.2) is 56.0 Å². The third-order valence-electron chi connectivity index (χ3n) is 4.09. The number of cyclic esters (lactones) is 1. The lowest BCUT2D eigenvalue weighted by Crippen LogP contribution is -2.05. The molecule has 0 spiro atoms. The molecule has 2 aromatic carbocycles. The highest BCUT2D eigenvalue weighted by molar-refractivity contribution is 9.10. The van der Waals surface area contributed by atoms with Crippen molar-refractivity contribution >= 4 is 49.8 Å². The second-order valence-electron chi connectivity index (χ2n) is 6.31. The zero-order valence-electron chi connectivity index (χ0n) is 16.2. The second-order valence-corrected chi connectivity index (χ2v) is 8.08. The molecule has 152 valence electrons. The predicted molar refractivity (Wildman–Crippen MR) is 120 cm³/mol. The third kappa shape index (κ3) is 5.48. The van der Waals surface area contributed by atoms with Gasteiger partial charge in [-0.15, -0.1) is 0 Å². The van der Waals surface area contributed by atoms with Crippen LogP contribution in [0.4, 0.5) is 0 Å². The van der Waals surface area contributed by atoms with E-state index in [4.69, 9.17) is 14.2 Å². The van der Waals surface area contributed by atoms with Crippen molar-refractivity contribution in [3.63, 3.8) is 0 Å². The van der Waals surface area contributed by atoms with Crippen molar-refractivity contribution in [2.45, 2.75) is 26.7 Å². The number of halogens is 2. The first kappa shape index (κ1) is 21.6. The number of unbranched alkanes of at least 4 members (excludes halogenated alkanes) is 1. The van der Waals surface area contributed by atoms with Crippen molar-refractivity contribution in [2.75, 3.05) is 13.2 Å². The SMILES string of the molecule is CCCCOc1c(Br)cc(/C=C2\N=C(c3ccc(Br)cc3)OC2=O)cc1OCC. The number of esters is 1. The smallest absolute Gasteiger partial charge is 0.363 e. The molecule has 1 aliphatic rings. The molecule has 2 aromatic rings. The molecule has 0 atom stereocenters. The Morgan fingerprint density at radius 3 is 2.55 bits per heavy atom. The van der Waals surface area contributed by atoms with Crippen molar-refractivity contribution in [1.29, 1.82) is 0 Å². The number of rotatable bonds is 8. The maximum absolute atomic E-state index is 12.3. The Morgan fingerprint density at radius 2 is 1.86 bits per heavy atom. The van der Waals surface area contributed by atoms with Gasteiger partial charge in [0, 0.05) is 10.0 Å². The number of ether oxygens (including phenoxy) is 3. The van der Waals surface area contributed by atoms with Crippen LogP contribution in [0.3, 0.4) is 0 Å². The molecule has 0 bridgehead atoms. The molecule has 0 N–H and O–H groups in total. The molecule has 0 radical (unpaired) electrons. The van der Waals surface area contributed by atoms with Crippen LogP contribution in [0.2, 0.25) is 0 Å². The van der Waals surface area contributed by atoms with Crippen LogP contribution in [0.1, 0.15) is 37.8 Å². The number of carbonyl (C=O) groups is 1. The van der Waals surface area contributed by atoms with Gasteiger partial charge >= 0.3 is 5.97 Å². The first-order chi connectivity index (χ1) is 14.0. The van der Waals surface area contributed by atoms with Crippen LogP contribution >= 0.6 is 31.9 Å². The number of nitrogens with zero attached hydrogens (tertiary/aromatic N) is 1. The minimum Gasteiger partial charge on any atom is -0.490 e. The van der Waals surface area contributed by atoms with Crippen LogP contribution in [0, 0.1) is 0 Å². The molecular weight excluding hydrogens is 502 g/mol. The molecule has 0 saturated carbocycles. The topological polar surface area (TPSA) is 57.1 Å². The molecule has 7 heteroatoms. The highest BCUT2D eigenvalue weighted by atomic mass is 79.9. The lowest BCUT2D eigenvalue weighted by molar-refractivity contribution is -0.129. The Morgan fingerprint density at radius 1 is 1.10 bits per heavy atom. The summed E-state index contributed by atoms with van der Waals surface area (Å²) in [5, 5.41) is 0. The van der Waals surface area contributed by atoms with Gasteiger partial charge in [-0.2, -0.15) is 0 Å². The summed E-state index contributed by atoms with van der Waals surface area (Å²) >= 11 is 6.94. The van der Waals surface area contributed by atoms with Crippen LogP contribution in [-0.4, -0.2) is 25.1 Å². The summed E-state index contributed by atoms with van der Waals surface area (Å²) in [6, 6.07) is 11.1. The van der Waals surface area contributed by atoms with Gasteiger partial charge in [0.05, 0.1) is 17.7 Å². The monoisotopic (exact) mass is 521 g/mol. The predicted octanol–water partition coefficient (Wildman–Crippen LogP) is 6.13. The Bertz CT molecular complexity index is 952. The third-order valence-corrected chi connectivity index (χ3v) is 5.21. The largest absolute Gasteiger partial charge is 0.490 e. The van der Waals surface area contributed by atoms with Gasteiger partial charge in [0.2, 0.25) is 5.90 Å². The number of aliphatic imine (C=N–C) groups is 1. The molecule has 0 amide bonds. The van der Waals surface area contributed by atoms with Gasteiger partial charge in [-0.1, -0.05) is 29.3 Å². The Balaban J connectivity index is 1.90. The summed E-state index contributed by atoms with van der Waals surface area (Å²) in [4.78, 5) is 16.6. The van der Waals surface area contributed by atoms with Gasteiger partial charge in [0.25, 0.3) is 0 Å². The second kappa shape index (κ2) is 10.1. The minimum atomic E-state index is -0.486. The van der Waals surface area contributed by atoms with Crippen LogP contribution < -0.4 is 9.47 Å². The lowest BCUT2D eigenvalue weighted by Gasteiger charge is -2.14. The lowest BCUT2D eigenvalue weighted by atomic mass is 10.1. The van der Waals surface area contributed by atoms with E-state index in [2.05, 4.69) is 43.8 Å². The van der Waals surface area contributed by atoms with Gasteiger partial charge in [-0.3, -0.25) is 0 Å². The van der Waals surface area contributed by atoms with E-state index in [1.165, 1.54) is 0 Å². The van der Waals surface area contributed by atoms with Crippen molar-refractivity contribution in [1.82, 2.24) is 0 Å². The molecule has 3 rings (SSSR count). The Labute approximate surface area is 187 Å². The summed E-state index contributed by atoms with van der Waals surface area (Å²) in [6.07, 6.45) is 3.69. The first-order valence-corrected chi connectivity index (χ1v) is 11.0. The molecule has 1 aliphatic heterocycles. The van der Waals surface area contributed by atoms with Crippen LogP contribution in [0.5, 0.6) is 11.5 Å². The highest BCUT2D eigenvalue weighted by Crippen LogP contribution is 2.38. The van der Waals surface area contributed by atoms with E-state index in [-0.39, 0.29) is 11.6 Å². The van der Waals surface area contributed by atoms with Gasteiger partial charge < -0.3 is 14.2 Å². The van der Waals surface area contributed by atoms with E-state index >= 15 is 0 Å². The maximum Gasteiger partial charge on any atom is 0.363 e. The number of hydrogen-bond donors (Lipinski definition) is 0. The van der Waals surface area contributed by atoms with E-state index in [0.717, 1.165) is 32.9 Å². The van der Waals surface area contributed by atoms with Crippen molar-refractivity contribution < 1.29 is 19.0 Å². The zero-order valence-corrected chi connectivity index (χ0v) is 19.4. The molecule has 5 nitrogen and oxygen atoms in total. The fourth-order valence-corrected chi connectivity index (χ4v) is 3.51. The zero-order chi connectivity index (χ0) is 20.8. The van der Waals surface area contributed by atoms with Crippen molar-refractivity contribution in [2.24, 2.45) is 4.99 Å². The van der Waals surface area contributed by atoms with E-state index in [9.17, 15) is 4.79 Å². The maximum atomic E-state index is 12.3. The molecule has 0 aromatic heterocycles. The minimum absolute atomic E-state index is 0.233. The average Bonchev–Trinajstić information content (AvgIpc) is 3.05. The summed E-state index contributed by atoms with van der Waals surface area (Å²) in [5.74, 6) is 1.08. The molecule has 0 aliphatic carbocycles. The van der Waals surface area contributed by atoms with Crippen LogP contribution in [-0.2, 0) is 9.53 Å². The van der Waals surface area contributed by atoms with E-state index in [1.807, 2.05) is 43.3 Å². The summed E-state index contributed by atoms with van der Waals surface area (Å²) in [6.45, 7) is 5.14. The van der Waals surface area contributed by atoms with Gasteiger partial charge in [0.15, 0.2) is 17.2 Å². The standard InChI is InChI=1S/C22H21Br2NO4/c1-3-5-10-28-20-17(24)11-14(13-19(20)27-4-2)12-18-22(26)29-21(25-18)15-6-8-16(23)9-7-15/h6-9,11-13H,3-5,10H2,1-2H3/b18-12-.